The van der Waals surface area contributed by atoms with Crippen molar-refractivity contribution in [1.82, 2.24) is 0 Å². The third-order valence-corrected chi connectivity index (χ3v) is 3.90. The SMILES string of the molecule is NC(Cc1ccccc1Br)c1cc(F)c(Cl)cc1F. The first-order valence-corrected chi connectivity index (χ1v) is 6.79. The van der Waals surface area contributed by atoms with Crippen LogP contribution in [0.4, 0.5) is 8.78 Å². The Kier molecular flexibility index (Phi) is 4.55. The second-order valence-electron chi connectivity index (χ2n) is 4.19. The highest BCUT2D eigenvalue weighted by Crippen LogP contribution is 2.27. The Labute approximate surface area is 123 Å². The number of nitrogens with two attached hydrogens (primary N) is 1. The largest absolute Gasteiger partial charge is 0.324 e. The van der Waals surface area contributed by atoms with Gasteiger partial charge < -0.3 is 5.73 Å². The highest BCUT2D eigenvalue weighted by atomic mass is 79.9. The van der Waals surface area contributed by atoms with Crippen molar-refractivity contribution in [2.45, 2.75) is 12.5 Å². The molecule has 2 aromatic carbocycles. The molecular formula is C14H11BrClF2N. The molecule has 1 nitrogen and oxygen atoms in total. The summed E-state index contributed by atoms with van der Waals surface area (Å²) in [7, 11) is 0. The summed E-state index contributed by atoms with van der Waals surface area (Å²) in [5.41, 5.74) is 7.00. The van der Waals surface area contributed by atoms with Gasteiger partial charge in [0.05, 0.1) is 5.02 Å². The van der Waals surface area contributed by atoms with Crippen molar-refractivity contribution in [3.05, 3.63) is 68.7 Å². The van der Waals surface area contributed by atoms with Gasteiger partial charge in [-0.05, 0) is 30.2 Å². The van der Waals surface area contributed by atoms with Crippen molar-refractivity contribution in [2.75, 3.05) is 0 Å². The van der Waals surface area contributed by atoms with Crippen LogP contribution < -0.4 is 5.73 Å². The minimum Gasteiger partial charge on any atom is -0.324 e. The maximum Gasteiger partial charge on any atom is 0.142 e. The highest BCUT2D eigenvalue weighted by Gasteiger charge is 2.16. The smallest absolute Gasteiger partial charge is 0.142 e. The molecule has 0 aliphatic heterocycles. The van der Waals surface area contributed by atoms with Crippen LogP contribution in [0, 0.1) is 11.6 Å². The zero-order chi connectivity index (χ0) is 14.0. The van der Waals surface area contributed by atoms with Crippen LogP contribution in [0.3, 0.4) is 0 Å². The van der Waals surface area contributed by atoms with Gasteiger partial charge in [-0.3, -0.25) is 0 Å². The van der Waals surface area contributed by atoms with E-state index in [0.717, 1.165) is 22.2 Å². The monoisotopic (exact) mass is 345 g/mol. The third-order valence-electron chi connectivity index (χ3n) is 2.84. The molecule has 0 bridgehead atoms. The standard InChI is InChI=1S/C14H11BrClF2N/c15-10-4-2-1-3-8(10)5-14(19)9-6-13(18)11(16)7-12(9)17/h1-4,6-7,14H,5,19H2. The van der Waals surface area contributed by atoms with Crippen molar-refractivity contribution >= 4 is 27.5 Å². The van der Waals surface area contributed by atoms with Gasteiger partial charge in [-0.15, -0.1) is 0 Å². The van der Waals surface area contributed by atoms with Gasteiger partial charge in [0, 0.05) is 16.1 Å². The van der Waals surface area contributed by atoms with E-state index in [-0.39, 0.29) is 10.6 Å². The summed E-state index contributed by atoms with van der Waals surface area (Å²) in [6.45, 7) is 0. The Morgan fingerprint density at radius 1 is 1.16 bits per heavy atom. The first kappa shape index (κ1) is 14.4. The zero-order valence-corrected chi connectivity index (χ0v) is 12.2. The molecule has 0 saturated carbocycles. The van der Waals surface area contributed by atoms with Gasteiger partial charge in [-0.2, -0.15) is 0 Å². The molecule has 2 aromatic rings. The zero-order valence-electron chi connectivity index (χ0n) is 9.84. The van der Waals surface area contributed by atoms with Crippen LogP contribution in [0.1, 0.15) is 17.2 Å². The fourth-order valence-corrected chi connectivity index (χ4v) is 2.43. The van der Waals surface area contributed by atoms with Gasteiger partial charge in [0.15, 0.2) is 0 Å². The lowest BCUT2D eigenvalue weighted by atomic mass is 9.99. The minimum atomic E-state index is -0.666. The molecule has 0 radical (unpaired) electrons. The lowest BCUT2D eigenvalue weighted by molar-refractivity contribution is 0.561. The van der Waals surface area contributed by atoms with Gasteiger partial charge in [0.2, 0.25) is 0 Å². The second kappa shape index (κ2) is 5.99. The summed E-state index contributed by atoms with van der Waals surface area (Å²) >= 11 is 8.91. The highest BCUT2D eigenvalue weighted by molar-refractivity contribution is 9.10. The van der Waals surface area contributed by atoms with E-state index in [9.17, 15) is 8.78 Å². The molecule has 100 valence electrons. The van der Waals surface area contributed by atoms with Crippen LogP contribution in [-0.2, 0) is 6.42 Å². The number of benzene rings is 2. The van der Waals surface area contributed by atoms with Crippen LogP contribution in [0.25, 0.3) is 0 Å². The topological polar surface area (TPSA) is 26.0 Å². The molecule has 2 N–H and O–H groups in total. The summed E-state index contributed by atoms with van der Waals surface area (Å²) in [6.07, 6.45) is 0.402. The Morgan fingerprint density at radius 2 is 1.84 bits per heavy atom. The number of hydrogen-bond acceptors (Lipinski definition) is 1. The molecule has 1 unspecified atom stereocenters. The van der Waals surface area contributed by atoms with Crippen molar-refractivity contribution in [2.24, 2.45) is 5.73 Å². The number of hydrogen-bond donors (Lipinski definition) is 1. The predicted molar refractivity (Wildman–Crippen MR) is 76.1 cm³/mol. The molecule has 0 spiro atoms. The van der Waals surface area contributed by atoms with Gasteiger partial charge in [-0.1, -0.05) is 45.7 Å². The Morgan fingerprint density at radius 3 is 2.53 bits per heavy atom. The van der Waals surface area contributed by atoms with E-state index in [1.165, 1.54) is 0 Å². The second-order valence-corrected chi connectivity index (χ2v) is 5.45. The lowest BCUT2D eigenvalue weighted by Gasteiger charge is -2.14. The molecule has 1 atom stereocenters. The molecule has 2 rings (SSSR count). The number of halogens is 4. The average molecular weight is 347 g/mol. The van der Waals surface area contributed by atoms with Gasteiger partial charge in [0.1, 0.15) is 11.6 Å². The van der Waals surface area contributed by atoms with E-state index >= 15 is 0 Å². The van der Waals surface area contributed by atoms with Crippen LogP contribution >= 0.6 is 27.5 Å². The minimum absolute atomic E-state index is 0.123. The summed E-state index contributed by atoms with van der Waals surface area (Å²) < 4.78 is 28.0. The van der Waals surface area contributed by atoms with E-state index in [1.54, 1.807) is 0 Å². The quantitative estimate of drug-likeness (QED) is 0.806. The first-order chi connectivity index (χ1) is 8.99. The van der Waals surface area contributed by atoms with E-state index in [1.807, 2.05) is 24.3 Å². The van der Waals surface area contributed by atoms with Crippen LogP contribution in [0.5, 0.6) is 0 Å². The molecule has 19 heavy (non-hydrogen) atoms. The molecule has 0 aliphatic rings. The molecule has 0 amide bonds. The average Bonchev–Trinajstić information content (AvgIpc) is 2.36. The maximum absolute atomic E-state index is 13.7. The van der Waals surface area contributed by atoms with Crippen LogP contribution in [0.15, 0.2) is 40.9 Å². The molecule has 0 heterocycles. The molecule has 0 saturated heterocycles. The molecular weight excluding hydrogens is 336 g/mol. The van der Waals surface area contributed by atoms with Crippen molar-refractivity contribution in [1.29, 1.82) is 0 Å². The van der Waals surface area contributed by atoms with Gasteiger partial charge in [0.25, 0.3) is 0 Å². The van der Waals surface area contributed by atoms with E-state index in [4.69, 9.17) is 17.3 Å². The normalized spacial score (nSPS) is 12.5. The van der Waals surface area contributed by atoms with E-state index in [2.05, 4.69) is 15.9 Å². The maximum atomic E-state index is 13.7. The van der Waals surface area contributed by atoms with Gasteiger partial charge in [-0.25, -0.2) is 8.78 Å². The van der Waals surface area contributed by atoms with Crippen molar-refractivity contribution < 1.29 is 8.78 Å². The summed E-state index contributed by atoms with van der Waals surface area (Å²) in [5, 5.41) is -0.241. The Hall–Kier alpha value is -0.970. The van der Waals surface area contributed by atoms with Crippen molar-refractivity contribution in [3.8, 4) is 0 Å². The number of rotatable bonds is 3. The van der Waals surface area contributed by atoms with Gasteiger partial charge >= 0.3 is 0 Å². The fraction of sp³-hybridized carbons (Fsp3) is 0.143. The summed E-state index contributed by atoms with van der Waals surface area (Å²) in [5.74, 6) is -1.26. The molecule has 5 heteroatoms. The Balaban J connectivity index is 2.28. The molecule has 0 aromatic heterocycles. The van der Waals surface area contributed by atoms with E-state index < -0.39 is 17.7 Å². The Bertz CT molecular complexity index is 604. The summed E-state index contributed by atoms with van der Waals surface area (Å²) in [6, 6.07) is 8.87. The predicted octanol–water partition coefficient (Wildman–Crippen LogP) is 4.62. The fourth-order valence-electron chi connectivity index (χ4n) is 1.83. The van der Waals surface area contributed by atoms with Crippen LogP contribution in [-0.4, -0.2) is 0 Å². The van der Waals surface area contributed by atoms with Crippen LogP contribution in [0.2, 0.25) is 5.02 Å². The first-order valence-electron chi connectivity index (χ1n) is 5.62. The third kappa shape index (κ3) is 3.32. The van der Waals surface area contributed by atoms with E-state index in [0.29, 0.717) is 6.42 Å². The summed E-state index contributed by atoms with van der Waals surface area (Å²) in [4.78, 5) is 0. The van der Waals surface area contributed by atoms with Crippen molar-refractivity contribution in [3.63, 3.8) is 0 Å². The molecule has 0 aliphatic carbocycles. The lowest BCUT2D eigenvalue weighted by Crippen LogP contribution is -2.15. The molecule has 0 fully saturated rings.